The Morgan fingerprint density at radius 1 is 1.19 bits per heavy atom. The predicted octanol–water partition coefficient (Wildman–Crippen LogP) is 4.48. The van der Waals surface area contributed by atoms with E-state index in [-0.39, 0.29) is 11.9 Å². The molecule has 1 unspecified atom stereocenters. The molecule has 4 nitrogen and oxygen atoms in total. The van der Waals surface area contributed by atoms with E-state index in [4.69, 9.17) is 12.2 Å². The van der Waals surface area contributed by atoms with Crippen LogP contribution in [0.25, 0.3) is 0 Å². The minimum atomic E-state index is 0.109. The molecule has 3 rings (SSSR count). The van der Waals surface area contributed by atoms with Crippen molar-refractivity contribution in [2.45, 2.75) is 39.7 Å². The van der Waals surface area contributed by atoms with E-state index in [9.17, 15) is 4.79 Å². The summed E-state index contributed by atoms with van der Waals surface area (Å²) in [4.78, 5) is 13.8. The third-order valence-electron chi connectivity index (χ3n) is 4.74. The summed E-state index contributed by atoms with van der Waals surface area (Å²) >= 11 is 5.49. The summed E-state index contributed by atoms with van der Waals surface area (Å²) in [6, 6.07) is 14.4. The smallest absolute Gasteiger partial charge is 0.227 e. The Bertz CT molecular complexity index is 834. The molecule has 136 valence electrons. The molecule has 1 atom stereocenters. The van der Waals surface area contributed by atoms with Crippen molar-refractivity contribution in [3.8, 4) is 0 Å². The standard InChI is InChI=1S/C21H25N3OS/c1-14-9-10-15(2)19(12-14)16(3)22-21(26)23-17-6-4-7-18(13-17)24-11-5-8-20(24)25/h4,6-7,9-10,12-13,16H,5,8,11H2,1-3H3,(H2,22,23,26). The molecule has 1 heterocycles. The third-order valence-corrected chi connectivity index (χ3v) is 4.96. The molecule has 0 aromatic heterocycles. The van der Waals surface area contributed by atoms with Gasteiger partial charge >= 0.3 is 0 Å². The largest absolute Gasteiger partial charge is 0.356 e. The number of nitrogens with one attached hydrogen (secondary N) is 2. The Kier molecular flexibility index (Phi) is 5.57. The zero-order valence-corrected chi connectivity index (χ0v) is 16.3. The first-order chi connectivity index (χ1) is 12.4. The maximum absolute atomic E-state index is 11.9. The second kappa shape index (κ2) is 7.87. The van der Waals surface area contributed by atoms with Gasteiger partial charge in [0.25, 0.3) is 0 Å². The minimum Gasteiger partial charge on any atom is -0.356 e. The van der Waals surface area contributed by atoms with Crippen molar-refractivity contribution in [2.75, 3.05) is 16.8 Å². The first kappa shape index (κ1) is 18.4. The average molecular weight is 368 g/mol. The SMILES string of the molecule is Cc1ccc(C)c(C(C)NC(=S)Nc2cccc(N3CCCC3=O)c2)c1. The van der Waals surface area contributed by atoms with Crippen LogP contribution in [0.4, 0.5) is 11.4 Å². The zero-order valence-electron chi connectivity index (χ0n) is 15.5. The Labute approximate surface area is 160 Å². The highest BCUT2D eigenvalue weighted by molar-refractivity contribution is 7.80. The summed E-state index contributed by atoms with van der Waals surface area (Å²) in [7, 11) is 0. The monoisotopic (exact) mass is 367 g/mol. The van der Waals surface area contributed by atoms with Gasteiger partial charge in [0.15, 0.2) is 5.11 Å². The van der Waals surface area contributed by atoms with Crippen LogP contribution in [0.5, 0.6) is 0 Å². The van der Waals surface area contributed by atoms with Crippen LogP contribution in [0.15, 0.2) is 42.5 Å². The number of hydrogen-bond donors (Lipinski definition) is 2. The van der Waals surface area contributed by atoms with Crippen molar-refractivity contribution in [1.82, 2.24) is 5.32 Å². The zero-order chi connectivity index (χ0) is 18.7. The highest BCUT2D eigenvalue weighted by Crippen LogP contribution is 2.24. The Morgan fingerprint density at radius 3 is 2.73 bits per heavy atom. The molecular weight excluding hydrogens is 342 g/mol. The van der Waals surface area contributed by atoms with Crippen molar-refractivity contribution in [3.63, 3.8) is 0 Å². The van der Waals surface area contributed by atoms with Gasteiger partial charge in [-0.25, -0.2) is 0 Å². The number of carbonyl (C=O) groups excluding carboxylic acids is 1. The first-order valence-corrected chi connectivity index (χ1v) is 9.40. The highest BCUT2D eigenvalue weighted by Gasteiger charge is 2.21. The van der Waals surface area contributed by atoms with E-state index >= 15 is 0 Å². The fraction of sp³-hybridized carbons (Fsp3) is 0.333. The van der Waals surface area contributed by atoms with Crippen LogP contribution in [0.1, 0.15) is 42.5 Å². The lowest BCUT2D eigenvalue weighted by molar-refractivity contribution is -0.117. The van der Waals surface area contributed by atoms with E-state index < -0.39 is 0 Å². The molecular formula is C21H25N3OS. The topological polar surface area (TPSA) is 44.4 Å². The molecule has 1 aliphatic rings. The fourth-order valence-electron chi connectivity index (χ4n) is 3.34. The summed E-state index contributed by atoms with van der Waals surface area (Å²) in [5, 5.41) is 7.16. The number of anilines is 2. The minimum absolute atomic E-state index is 0.109. The molecule has 0 bridgehead atoms. The van der Waals surface area contributed by atoms with Crippen LogP contribution >= 0.6 is 12.2 Å². The molecule has 0 aliphatic carbocycles. The Morgan fingerprint density at radius 2 is 2.00 bits per heavy atom. The summed E-state index contributed by atoms with van der Waals surface area (Å²) in [6.07, 6.45) is 1.55. The van der Waals surface area contributed by atoms with Crippen LogP contribution < -0.4 is 15.5 Å². The van der Waals surface area contributed by atoms with Crippen LogP contribution in [0.3, 0.4) is 0 Å². The van der Waals surface area contributed by atoms with E-state index in [0.29, 0.717) is 11.5 Å². The molecule has 26 heavy (non-hydrogen) atoms. The second-order valence-electron chi connectivity index (χ2n) is 6.88. The van der Waals surface area contributed by atoms with Gasteiger partial charge in [-0.05, 0) is 68.7 Å². The summed E-state index contributed by atoms with van der Waals surface area (Å²) in [5.74, 6) is 0.186. The number of hydrogen-bond acceptors (Lipinski definition) is 2. The summed E-state index contributed by atoms with van der Waals surface area (Å²) < 4.78 is 0. The molecule has 1 saturated heterocycles. The van der Waals surface area contributed by atoms with E-state index in [2.05, 4.69) is 49.6 Å². The Balaban J connectivity index is 1.66. The van der Waals surface area contributed by atoms with E-state index in [0.717, 1.165) is 24.3 Å². The fourth-order valence-corrected chi connectivity index (χ4v) is 3.64. The van der Waals surface area contributed by atoms with Crippen LogP contribution in [0, 0.1) is 13.8 Å². The normalized spacial score (nSPS) is 15.0. The van der Waals surface area contributed by atoms with Crippen LogP contribution in [0.2, 0.25) is 0 Å². The van der Waals surface area contributed by atoms with Crippen LogP contribution in [-0.2, 0) is 4.79 Å². The lowest BCUT2D eigenvalue weighted by Gasteiger charge is -2.21. The van der Waals surface area contributed by atoms with Crippen molar-refractivity contribution in [1.29, 1.82) is 0 Å². The number of thiocarbonyl (C=S) groups is 1. The Hall–Kier alpha value is -2.40. The highest BCUT2D eigenvalue weighted by atomic mass is 32.1. The number of amides is 1. The molecule has 1 aliphatic heterocycles. The predicted molar refractivity (Wildman–Crippen MR) is 112 cm³/mol. The molecule has 2 aromatic rings. The number of rotatable bonds is 4. The summed E-state index contributed by atoms with van der Waals surface area (Å²) in [6.45, 7) is 7.10. The van der Waals surface area contributed by atoms with Gasteiger partial charge in [0.05, 0.1) is 6.04 Å². The molecule has 2 aromatic carbocycles. The maximum atomic E-state index is 11.9. The van der Waals surface area contributed by atoms with Gasteiger partial charge in [-0.1, -0.05) is 29.8 Å². The maximum Gasteiger partial charge on any atom is 0.227 e. The lowest BCUT2D eigenvalue weighted by atomic mass is 10.0. The second-order valence-corrected chi connectivity index (χ2v) is 7.29. The first-order valence-electron chi connectivity index (χ1n) is 8.99. The molecule has 0 spiro atoms. The number of aryl methyl sites for hydroxylation is 2. The number of benzene rings is 2. The van der Waals surface area contributed by atoms with Gasteiger partial charge in [-0.3, -0.25) is 4.79 Å². The molecule has 0 radical (unpaired) electrons. The van der Waals surface area contributed by atoms with Crippen molar-refractivity contribution < 1.29 is 4.79 Å². The number of carbonyl (C=O) groups is 1. The van der Waals surface area contributed by atoms with Crippen molar-refractivity contribution in [3.05, 3.63) is 59.2 Å². The molecule has 1 fully saturated rings. The summed E-state index contributed by atoms with van der Waals surface area (Å²) in [5.41, 5.74) is 5.52. The lowest BCUT2D eigenvalue weighted by Crippen LogP contribution is -2.31. The van der Waals surface area contributed by atoms with E-state index in [1.807, 2.05) is 29.2 Å². The van der Waals surface area contributed by atoms with Gasteiger partial charge in [-0.15, -0.1) is 0 Å². The molecule has 5 heteroatoms. The van der Waals surface area contributed by atoms with Crippen molar-refractivity contribution >= 4 is 34.6 Å². The van der Waals surface area contributed by atoms with E-state index in [1.54, 1.807) is 0 Å². The van der Waals surface area contributed by atoms with E-state index in [1.165, 1.54) is 16.7 Å². The van der Waals surface area contributed by atoms with Crippen molar-refractivity contribution in [2.24, 2.45) is 0 Å². The third kappa shape index (κ3) is 4.22. The van der Waals surface area contributed by atoms with Gasteiger partial charge in [0.1, 0.15) is 0 Å². The van der Waals surface area contributed by atoms with Gasteiger partial charge < -0.3 is 15.5 Å². The van der Waals surface area contributed by atoms with Gasteiger partial charge in [0.2, 0.25) is 5.91 Å². The molecule has 0 saturated carbocycles. The molecule has 1 amide bonds. The quantitative estimate of drug-likeness (QED) is 0.782. The van der Waals surface area contributed by atoms with Gasteiger partial charge in [-0.2, -0.15) is 0 Å². The average Bonchev–Trinajstić information content (AvgIpc) is 3.03. The number of nitrogens with zero attached hydrogens (tertiary/aromatic N) is 1. The van der Waals surface area contributed by atoms with Gasteiger partial charge in [0, 0.05) is 24.3 Å². The van der Waals surface area contributed by atoms with Crippen LogP contribution in [-0.4, -0.2) is 17.6 Å². The molecule has 2 N–H and O–H groups in total.